The van der Waals surface area contributed by atoms with Gasteiger partial charge in [0.15, 0.2) is 11.2 Å². The van der Waals surface area contributed by atoms with Crippen molar-refractivity contribution in [3.8, 4) is 16.8 Å². The highest BCUT2D eigenvalue weighted by Gasteiger charge is 2.21. The summed E-state index contributed by atoms with van der Waals surface area (Å²) < 4.78 is 15.5. The highest BCUT2D eigenvalue weighted by atomic mass is 16.3. The van der Waals surface area contributed by atoms with Gasteiger partial charge in [-0.2, -0.15) is 0 Å². The second kappa shape index (κ2) is 7.59. The van der Waals surface area contributed by atoms with E-state index in [1.807, 2.05) is 30.5 Å². The Morgan fingerprint density at radius 2 is 1.08 bits per heavy atom. The molecule has 0 fully saturated rings. The van der Waals surface area contributed by atoms with Gasteiger partial charge in [-0.25, -0.2) is 0 Å². The number of hydrogen-bond donors (Lipinski definition) is 0. The third kappa shape index (κ3) is 2.75. The van der Waals surface area contributed by atoms with Crippen LogP contribution in [0.15, 0.2) is 130 Å². The third-order valence-electron chi connectivity index (χ3n) is 7.87. The standard InChI is InChI=1S/C35H20N2O2/c1-4-15-28-21(9-1)22-10-2-5-16-29(22)37(28)30-17-8-14-25-23-12-7-13-24(33(23)39-34(25)30)26-19-20-36-32-27-11-3-6-18-31(27)38-35(26)32/h1-20H. The zero-order valence-electron chi connectivity index (χ0n) is 20.8. The number of hydrogen-bond acceptors (Lipinski definition) is 3. The molecule has 0 saturated carbocycles. The van der Waals surface area contributed by atoms with E-state index < -0.39 is 0 Å². The van der Waals surface area contributed by atoms with Crippen LogP contribution in [-0.4, -0.2) is 9.55 Å². The summed E-state index contributed by atoms with van der Waals surface area (Å²) in [6.45, 7) is 0. The van der Waals surface area contributed by atoms with E-state index >= 15 is 0 Å². The molecule has 9 rings (SSSR count). The van der Waals surface area contributed by atoms with Gasteiger partial charge in [0.2, 0.25) is 0 Å². The maximum atomic E-state index is 6.83. The Labute approximate surface area is 222 Å². The molecule has 0 saturated heterocycles. The first-order chi connectivity index (χ1) is 19.4. The van der Waals surface area contributed by atoms with Crippen LogP contribution in [-0.2, 0) is 0 Å². The number of benzene rings is 5. The summed E-state index contributed by atoms with van der Waals surface area (Å²) in [5.41, 5.74) is 9.47. The van der Waals surface area contributed by atoms with Crippen molar-refractivity contribution in [2.45, 2.75) is 0 Å². The van der Waals surface area contributed by atoms with E-state index in [2.05, 4.69) is 101 Å². The Balaban J connectivity index is 1.38. The largest absolute Gasteiger partial charge is 0.454 e. The van der Waals surface area contributed by atoms with Crippen molar-refractivity contribution in [1.29, 1.82) is 0 Å². The fourth-order valence-electron chi connectivity index (χ4n) is 6.19. The maximum Gasteiger partial charge on any atom is 0.161 e. The van der Waals surface area contributed by atoms with Crippen molar-refractivity contribution in [2.24, 2.45) is 0 Å². The number of furan rings is 2. The van der Waals surface area contributed by atoms with E-state index in [1.165, 1.54) is 10.8 Å². The second-order valence-corrected chi connectivity index (χ2v) is 9.94. The molecule has 0 amide bonds. The van der Waals surface area contributed by atoms with Crippen molar-refractivity contribution in [1.82, 2.24) is 9.55 Å². The lowest BCUT2D eigenvalue weighted by atomic mass is 10.0. The highest BCUT2D eigenvalue weighted by Crippen LogP contribution is 2.42. The molecule has 0 aliphatic carbocycles. The normalized spacial score (nSPS) is 12.1. The number of para-hydroxylation sites is 5. The van der Waals surface area contributed by atoms with E-state index in [9.17, 15) is 0 Å². The van der Waals surface area contributed by atoms with Crippen LogP contribution in [0.25, 0.3) is 82.6 Å². The second-order valence-electron chi connectivity index (χ2n) is 9.94. The average molecular weight is 501 g/mol. The Hall–Kier alpha value is -5.35. The highest BCUT2D eigenvalue weighted by molar-refractivity contribution is 6.16. The van der Waals surface area contributed by atoms with Crippen LogP contribution in [0.5, 0.6) is 0 Å². The monoisotopic (exact) mass is 500 g/mol. The fourth-order valence-corrected chi connectivity index (χ4v) is 6.19. The number of rotatable bonds is 2. The van der Waals surface area contributed by atoms with Crippen LogP contribution in [0.4, 0.5) is 0 Å². The Morgan fingerprint density at radius 1 is 0.462 bits per heavy atom. The molecular weight excluding hydrogens is 480 g/mol. The van der Waals surface area contributed by atoms with Gasteiger partial charge in [0.25, 0.3) is 0 Å². The lowest BCUT2D eigenvalue weighted by Crippen LogP contribution is -1.93. The van der Waals surface area contributed by atoms with Gasteiger partial charge in [0.05, 0.1) is 16.7 Å². The zero-order chi connectivity index (χ0) is 25.5. The summed E-state index contributed by atoms with van der Waals surface area (Å²) in [6.07, 6.45) is 1.85. The van der Waals surface area contributed by atoms with Crippen LogP contribution in [0.1, 0.15) is 0 Å². The molecule has 9 aromatic rings. The molecule has 5 aromatic carbocycles. The Bertz CT molecular complexity index is 2350. The lowest BCUT2D eigenvalue weighted by molar-refractivity contribution is 0.663. The van der Waals surface area contributed by atoms with E-state index in [4.69, 9.17) is 8.83 Å². The van der Waals surface area contributed by atoms with Crippen molar-refractivity contribution in [3.63, 3.8) is 0 Å². The minimum absolute atomic E-state index is 0.772. The number of pyridine rings is 1. The molecular formula is C35H20N2O2. The minimum atomic E-state index is 0.772. The molecule has 0 bridgehead atoms. The molecule has 4 aromatic heterocycles. The first kappa shape index (κ1) is 20.7. The van der Waals surface area contributed by atoms with Gasteiger partial charge in [-0.3, -0.25) is 4.98 Å². The summed E-state index contributed by atoms with van der Waals surface area (Å²) in [5.74, 6) is 0. The summed E-state index contributed by atoms with van der Waals surface area (Å²) in [5, 5.41) is 5.63. The Kier molecular flexibility index (Phi) is 4.02. The van der Waals surface area contributed by atoms with Crippen molar-refractivity contribution in [3.05, 3.63) is 121 Å². The molecule has 182 valence electrons. The van der Waals surface area contributed by atoms with Crippen molar-refractivity contribution in [2.75, 3.05) is 0 Å². The lowest BCUT2D eigenvalue weighted by Gasteiger charge is -2.08. The first-order valence-corrected chi connectivity index (χ1v) is 13.1. The number of fused-ring (bicyclic) bond motifs is 9. The van der Waals surface area contributed by atoms with Crippen LogP contribution in [0, 0.1) is 0 Å². The molecule has 0 aliphatic heterocycles. The molecule has 4 nitrogen and oxygen atoms in total. The van der Waals surface area contributed by atoms with Gasteiger partial charge >= 0.3 is 0 Å². The van der Waals surface area contributed by atoms with Crippen LogP contribution in [0.2, 0.25) is 0 Å². The van der Waals surface area contributed by atoms with Crippen LogP contribution < -0.4 is 0 Å². The molecule has 0 spiro atoms. The third-order valence-corrected chi connectivity index (χ3v) is 7.87. The predicted molar refractivity (Wildman–Crippen MR) is 159 cm³/mol. The summed E-state index contributed by atoms with van der Waals surface area (Å²) in [7, 11) is 0. The van der Waals surface area contributed by atoms with Gasteiger partial charge in [0.1, 0.15) is 16.7 Å². The molecule has 0 unspecified atom stereocenters. The zero-order valence-corrected chi connectivity index (χ0v) is 20.8. The van der Waals surface area contributed by atoms with Crippen LogP contribution in [0.3, 0.4) is 0 Å². The topological polar surface area (TPSA) is 44.1 Å². The van der Waals surface area contributed by atoms with Crippen molar-refractivity contribution < 1.29 is 8.83 Å². The molecule has 4 heterocycles. The molecule has 0 atom stereocenters. The predicted octanol–water partition coefficient (Wildman–Crippen LogP) is 9.64. The Morgan fingerprint density at radius 3 is 1.87 bits per heavy atom. The molecule has 4 heteroatoms. The summed E-state index contributed by atoms with van der Waals surface area (Å²) in [4.78, 5) is 4.66. The van der Waals surface area contributed by atoms with E-state index in [0.717, 1.165) is 71.9 Å². The van der Waals surface area contributed by atoms with Gasteiger partial charge < -0.3 is 13.4 Å². The summed E-state index contributed by atoms with van der Waals surface area (Å²) >= 11 is 0. The summed E-state index contributed by atoms with van der Waals surface area (Å²) in [6, 6.07) is 39.9. The van der Waals surface area contributed by atoms with Gasteiger partial charge in [-0.05, 0) is 36.4 Å². The average Bonchev–Trinajstić information content (AvgIpc) is 3.67. The van der Waals surface area contributed by atoms with E-state index in [0.29, 0.717) is 0 Å². The van der Waals surface area contributed by atoms with Gasteiger partial charge in [-0.1, -0.05) is 78.9 Å². The van der Waals surface area contributed by atoms with Crippen molar-refractivity contribution >= 4 is 65.8 Å². The first-order valence-electron chi connectivity index (χ1n) is 13.1. The van der Waals surface area contributed by atoms with E-state index in [-0.39, 0.29) is 0 Å². The SMILES string of the molecule is c1ccc2c(c1)oc1c(-c3cccc4c3oc3c(-n5c6ccccc6c6ccccc65)cccc34)ccnc12. The van der Waals surface area contributed by atoms with Gasteiger partial charge in [0, 0.05) is 44.3 Å². The molecule has 0 N–H and O–H groups in total. The maximum absolute atomic E-state index is 6.83. The van der Waals surface area contributed by atoms with E-state index in [1.54, 1.807) is 0 Å². The minimum Gasteiger partial charge on any atom is -0.454 e. The number of nitrogens with zero attached hydrogens (tertiary/aromatic N) is 2. The number of aromatic nitrogens is 2. The van der Waals surface area contributed by atoms with Crippen LogP contribution >= 0.6 is 0 Å². The molecule has 0 radical (unpaired) electrons. The van der Waals surface area contributed by atoms with Gasteiger partial charge in [-0.15, -0.1) is 0 Å². The fraction of sp³-hybridized carbons (Fsp3) is 0. The quantitative estimate of drug-likeness (QED) is 0.237. The smallest absolute Gasteiger partial charge is 0.161 e. The molecule has 0 aliphatic rings. The molecule has 39 heavy (non-hydrogen) atoms.